The van der Waals surface area contributed by atoms with E-state index in [0.717, 1.165) is 38.8 Å². The molecule has 1 rings (SSSR count). The number of nitrogens with one attached hydrogen (secondary N) is 2. The Hall–Kier alpha value is -0.770. The highest BCUT2D eigenvalue weighted by molar-refractivity contribution is 5.74. The lowest BCUT2D eigenvalue weighted by molar-refractivity contribution is 0.192. The Morgan fingerprint density at radius 2 is 2.21 bits per heavy atom. The molecule has 1 fully saturated rings. The SMILES string of the molecule is COCCCCNC(=O)NC1CCC1. The van der Waals surface area contributed by atoms with Crippen LogP contribution in [0.2, 0.25) is 0 Å². The third-order valence-corrected chi connectivity index (χ3v) is 2.50. The van der Waals surface area contributed by atoms with Crippen molar-refractivity contribution in [1.29, 1.82) is 0 Å². The smallest absolute Gasteiger partial charge is 0.315 e. The first-order valence-electron chi connectivity index (χ1n) is 5.36. The van der Waals surface area contributed by atoms with Gasteiger partial charge in [-0.1, -0.05) is 0 Å². The molecule has 0 aliphatic heterocycles. The third-order valence-electron chi connectivity index (χ3n) is 2.50. The molecule has 0 atom stereocenters. The quantitative estimate of drug-likeness (QED) is 0.634. The largest absolute Gasteiger partial charge is 0.385 e. The summed E-state index contributed by atoms with van der Waals surface area (Å²) in [5.74, 6) is 0. The first-order valence-corrected chi connectivity index (χ1v) is 5.36. The number of rotatable bonds is 6. The van der Waals surface area contributed by atoms with Crippen LogP contribution >= 0.6 is 0 Å². The van der Waals surface area contributed by atoms with Gasteiger partial charge in [-0.3, -0.25) is 0 Å². The van der Waals surface area contributed by atoms with Gasteiger partial charge in [-0.05, 0) is 32.1 Å². The van der Waals surface area contributed by atoms with Gasteiger partial charge < -0.3 is 15.4 Å². The van der Waals surface area contributed by atoms with Crippen LogP contribution in [0.25, 0.3) is 0 Å². The van der Waals surface area contributed by atoms with Crippen molar-refractivity contribution in [1.82, 2.24) is 10.6 Å². The van der Waals surface area contributed by atoms with E-state index in [0.29, 0.717) is 6.04 Å². The van der Waals surface area contributed by atoms with Crippen molar-refractivity contribution in [3.8, 4) is 0 Å². The number of carbonyl (C=O) groups is 1. The summed E-state index contributed by atoms with van der Waals surface area (Å²) < 4.78 is 4.91. The Labute approximate surface area is 85.4 Å². The number of urea groups is 1. The molecule has 0 aromatic heterocycles. The summed E-state index contributed by atoms with van der Waals surface area (Å²) in [6.07, 6.45) is 5.50. The number of hydrogen-bond acceptors (Lipinski definition) is 2. The van der Waals surface area contributed by atoms with Gasteiger partial charge in [0, 0.05) is 26.3 Å². The molecule has 1 aliphatic rings. The van der Waals surface area contributed by atoms with Crippen molar-refractivity contribution in [2.75, 3.05) is 20.3 Å². The molecule has 0 bridgehead atoms. The molecule has 1 aliphatic carbocycles. The molecule has 14 heavy (non-hydrogen) atoms. The summed E-state index contributed by atoms with van der Waals surface area (Å²) in [5, 5.41) is 5.76. The van der Waals surface area contributed by atoms with Crippen LogP contribution in [0.15, 0.2) is 0 Å². The fraction of sp³-hybridized carbons (Fsp3) is 0.900. The van der Waals surface area contributed by atoms with E-state index >= 15 is 0 Å². The van der Waals surface area contributed by atoms with Crippen LogP contribution in [-0.4, -0.2) is 32.3 Å². The second-order valence-corrected chi connectivity index (χ2v) is 3.73. The minimum Gasteiger partial charge on any atom is -0.385 e. The van der Waals surface area contributed by atoms with Crippen LogP contribution in [0.3, 0.4) is 0 Å². The maximum Gasteiger partial charge on any atom is 0.315 e. The maximum absolute atomic E-state index is 11.2. The maximum atomic E-state index is 11.2. The molecule has 4 heteroatoms. The molecule has 2 amide bonds. The molecule has 0 radical (unpaired) electrons. The minimum absolute atomic E-state index is 0.0212. The Kier molecular flexibility index (Phi) is 5.37. The van der Waals surface area contributed by atoms with Gasteiger partial charge in [-0.2, -0.15) is 0 Å². The van der Waals surface area contributed by atoms with Gasteiger partial charge in [-0.25, -0.2) is 4.79 Å². The van der Waals surface area contributed by atoms with E-state index in [1.807, 2.05) is 0 Å². The van der Waals surface area contributed by atoms with Crippen molar-refractivity contribution in [2.45, 2.75) is 38.1 Å². The van der Waals surface area contributed by atoms with Gasteiger partial charge in [0.15, 0.2) is 0 Å². The van der Waals surface area contributed by atoms with Gasteiger partial charge in [0.2, 0.25) is 0 Å². The lowest BCUT2D eigenvalue weighted by atomic mass is 9.93. The highest BCUT2D eigenvalue weighted by atomic mass is 16.5. The number of methoxy groups -OCH3 is 1. The summed E-state index contributed by atoms with van der Waals surface area (Å²) in [5.41, 5.74) is 0. The van der Waals surface area contributed by atoms with Gasteiger partial charge in [0.05, 0.1) is 0 Å². The van der Waals surface area contributed by atoms with Gasteiger partial charge in [-0.15, -0.1) is 0 Å². The molecule has 0 saturated heterocycles. The van der Waals surface area contributed by atoms with Crippen molar-refractivity contribution < 1.29 is 9.53 Å². The average Bonchev–Trinajstić information content (AvgIpc) is 2.11. The summed E-state index contributed by atoms with van der Waals surface area (Å²) in [6.45, 7) is 1.51. The Bertz CT molecular complexity index is 170. The fourth-order valence-electron chi connectivity index (χ4n) is 1.36. The number of unbranched alkanes of at least 4 members (excludes halogenated alkanes) is 1. The molecule has 4 nitrogen and oxygen atoms in total. The lowest BCUT2D eigenvalue weighted by Gasteiger charge is -2.26. The van der Waals surface area contributed by atoms with E-state index in [2.05, 4.69) is 10.6 Å². The molecular weight excluding hydrogens is 180 g/mol. The van der Waals surface area contributed by atoms with E-state index in [1.54, 1.807) is 7.11 Å². The van der Waals surface area contributed by atoms with Crippen LogP contribution in [-0.2, 0) is 4.74 Å². The zero-order valence-corrected chi connectivity index (χ0v) is 8.84. The predicted molar refractivity (Wildman–Crippen MR) is 55.3 cm³/mol. The number of hydrogen-bond donors (Lipinski definition) is 2. The fourth-order valence-corrected chi connectivity index (χ4v) is 1.36. The monoisotopic (exact) mass is 200 g/mol. The van der Waals surface area contributed by atoms with Gasteiger partial charge >= 0.3 is 6.03 Å². The highest BCUT2D eigenvalue weighted by Gasteiger charge is 2.18. The first kappa shape index (κ1) is 11.3. The zero-order valence-electron chi connectivity index (χ0n) is 8.84. The van der Waals surface area contributed by atoms with Crippen LogP contribution in [0.1, 0.15) is 32.1 Å². The van der Waals surface area contributed by atoms with Crippen LogP contribution in [0, 0.1) is 0 Å². The first-order chi connectivity index (χ1) is 6.83. The molecular formula is C10H20N2O2. The van der Waals surface area contributed by atoms with E-state index in [9.17, 15) is 4.79 Å². The summed E-state index contributed by atoms with van der Waals surface area (Å²) in [6, 6.07) is 0.404. The number of ether oxygens (including phenoxy) is 1. The second-order valence-electron chi connectivity index (χ2n) is 3.73. The highest BCUT2D eigenvalue weighted by Crippen LogP contribution is 2.17. The third kappa shape index (κ3) is 4.46. The van der Waals surface area contributed by atoms with Crippen molar-refractivity contribution in [2.24, 2.45) is 0 Å². The van der Waals surface area contributed by atoms with Crippen LogP contribution < -0.4 is 10.6 Å². The number of carbonyl (C=O) groups excluding carboxylic acids is 1. The Morgan fingerprint density at radius 1 is 1.43 bits per heavy atom. The van der Waals surface area contributed by atoms with Crippen LogP contribution in [0.5, 0.6) is 0 Å². The van der Waals surface area contributed by atoms with E-state index in [-0.39, 0.29) is 6.03 Å². The number of amides is 2. The Morgan fingerprint density at radius 3 is 2.79 bits per heavy atom. The second kappa shape index (κ2) is 6.65. The van der Waals surface area contributed by atoms with Crippen molar-refractivity contribution >= 4 is 6.03 Å². The van der Waals surface area contributed by atoms with Crippen molar-refractivity contribution in [3.05, 3.63) is 0 Å². The van der Waals surface area contributed by atoms with E-state index in [1.165, 1.54) is 6.42 Å². The van der Waals surface area contributed by atoms with E-state index < -0.39 is 0 Å². The summed E-state index contributed by atoms with van der Waals surface area (Å²) in [7, 11) is 1.69. The minimum atomic E-state index is -0.0212. The van der Waals surface area contributed by atoms with Gasteiger partial charge in [0.25, 0.3) is 0 Å². The average molecular weight is 200 g/mol. The normalized spacial score (nSPS) is 16.1. The lowest BCUT2D eigenvalue weighted by Crippen LogP contribution is -2.45. The molecule has 1 saturated carbocycles. The topological polar surface area (TPSA) is 50.4 Å². The Balaban J connectivity index is 1.87. The predicted octanol–water partition coefficient (Wildman–Crippen LogP) is 1.26. The molecule has 0 aromatic rings. The van der Waals surface area contributed by atoms with Crippen LogP contribution in [0.4, 0.5) is 4.79 Å². The van der Waals surface area contributed by atoms with Crippen molar-refractivity contribution in [3.63, 3.8) is 0 Å². The summed E-state index contributed by atoms with van der Waals surface area (Å²) in [4.78, 5) is 11.2. The van der Waals surface area contributed by atoms with E-state index in [4.69, 9.17) is 4.74 Å². The molecule has 0 spiro atoms. The molecule has 82 valence electrons. The molecule has 0 unspecified atom stereocenters. The molecule has 2 N–H and O–H groups in total. The molecule has 0 heterocycles. The standard InChI is InChI=1S/C10H20N2O2/c1-14-8-3-2-7-11-10(13)12-9-5-4-6-9/h9H,2-8H2,1H3,(H2,11,12,13). The molecule has 0 aromatic carbocycles. The van der Waals surface area contributed by atoms with Gasteiger partial charge in [0.1, 0.15) is 0 Å². The zero-order chi connectivity index (χ0) is 10.2. The summed E-state index contributed by atoms with van der Waals surface area (Å²) >= 11 is 0.